The molecule has 2 aromatic rings. The van der Waals surface area contributed by atoms with Gasteiger partial charge in [0.1, 0.15) is 10.1 Å². The van der Waals surface area contributed by atoms with Crippen LogP contribution in [0.25, 0.3) is 0 Å². The van der Waals surface area contributed by atoms with Crippen LogP contribution in [-0.4, -0.2) is 31.5 Å². The SMILES string of the molecule is COc1cccc(C=O)c1O.O=S(=O)([O-])c1ccccc1. The van der Waals surface area contributed by atoms with E-state index < -0.39 is 10.1 Å². The molecule has 0 saturated carbocycles. The van der Waals surface area contributed by atoms with Gasteiger partial charge in [0.2, 0.25) is 0 Å². The number of phenolic OH excluding ortho intramolecular Hbond substituents is 1. The molecule has 0 radical (unpaired) electrons. The number of aromatic hydroxyl groups is 1. The van der Waals surface area contributed by atoms with Gasteiger partial charge in [0.25, 0.3) is 0 Å². The summed E-state index contributed by atoms with van der Waals surface area (Å²) in [6, 6.07) is 11.9. The molecule has 112 valence electrons. The molecule has 0 aliphatic heterocycles. The lowest BCUT2D eigenvalue weighted by molar-refractivity contribution is 0.112. The number of benzene rings is 2. The number of aldehydes is 1. The molecule has 0 spiro atoms. The molecule has 0 heterocycles. The lowest BCUT2D eigenvalue weighted by atomic mass is 10.2. The summed E-state index contributed by atoms with van der Waals surface area (Å²) in [6.45, 7) is 0. The fourth-order valence-electron chi connectivity index (χ4n) is 1.39. The molecular weight excluding hydrogens is 296 g/mol. The lowest BCUT2D eigenvalue weighted by Gasteiger charge is -2.04. The van der Waals surface area contributed by atoms with Gasteiger partial charge in [-0.2, -0.15) is 0 Å². The highest BCUT2D eigenvalue weighted by molar-refractivity contribution is 7.85. The summed E-state index contributed by atoms with van der Waals surface area (Å²) in [5.41, 5.74) is 0.240. The molecule has 0 amide bonds. The molecule has 0 aromatic heterocycles. The van der Waals surface area contributed by atoms with Crippen molar-refractivity contribution in [3.63, 3.8) is 0 Å². The van der Waals surface area contributed by atoms with Crippen molar-refractivity contribution >= 4 is 16.4 Å². The second-order valence-corrected chi connectivity index (χ2v) is 5.16. The summed E-state index contributed by atoms with van der Waals surface area (Å²) in [4.78, 5) is 10.1. The minimum absolute atomic E-state index is 0.106. The summed E-state index contributed by atoms with van der Waals surface area (Å²) >= 11 is 0. The number of hydrogen-bond donors (Lipinski definition) is 1. The van der Waals surface area contributed by atoms with Crippen molar-refractivity contribution in [2.75, 3.05) is 7.11 Å². The van der Waals surface area contributed by atoms with Crippen molar-refractivity contribution in [1.82, 2.24) is 0 Å². The van der Waals surface area contributed by atoms with E-state index in [1.165, 1.54) is 37.4 Å². The van der Waals surface area contributed by atoms with Gasteiger partial charge in [0, 0.05) is 0 Å². The number of hydrogen-bond acceptors (Lipinski definition) is 6. The summed E-state index contributed by atoms with van der Waals surface area (Å²) in [5, 5.41) is 9.23. The van der Waals surface area contributed by atoms with Crippen LogP contribution in [0.4, 0.5) is 0 Å². The van der Waals surface area contributed by atoms with Gasteiger partial charge in [-0.15, -0.1) is 0 Å². The molecule has 0 saturated heterocycles. The Hall–Kier alpha value is -2.38. The molecule has 7 heteroatoms. The highest BCUT2D eigenvalue weighted by atomic mass is 32.2. The minimum Gasteiger partial charge on any atom is -0.744 e. The molecule has 0 aliphatic rings. The topological polar surface area (TPSA) is 104 Å². The first kappa shape index (κ1) is 16.7. The normalized spacial score (nSPS) is 10.2. The van der Waals surface area contributed by atoms with Gasteiger partial charge in [-0.3, -0.25) is 4.79 Å². The molecule has 2 rings (SSSR count). The van der Waals surface area contributed by atoms with Crippen LogP contribution in [0.1, 0.15) is 10.4 Å². The molecule has 2 aromatic carbocycles. The smallest absolute Gasteiger partial charge is 0.168 e. The number of phenols is 1. The average Bonchev–Trinajstić information content (AvgIpc) is 2.48. The Bertz CT molecular complexity index is 695. The monoisotopic (exact) mass is 309 g/mol. The van der Waals surface area contributed by atoms with Gasteiger partial charge < -0.3 is 14.4 Å². The lowest BCUT2D eigenvalue weighted by Crippen LogP contribution is -1.96. The predicted octanol–water partition coefficient (Wildman–Crippen LogP) is 1.80. The van der Waals surface area contributed by atoms with Crippen molar-refractivity contribution in [3.05, 3.63) is 54.1 Å². The quantitative estimate of drug-likeness (QED) is 0.685. The second-order valence-electron chi connectivity index (χ2n) is 3.78. The maximum absolute atomic E-state index is 10.3. The van der Waals surface area contributed by atoms with Gasteiger partial charge in [0.15, 0.2) is 17.8 Å². The molecule has 21 heavy (non-hydrogen) atoms. The molecule has 0 fully saturated rings. The number of carbonyl (C=O) groups is 1. The van der Waals surface area contributed by atoms with Gasteiger partial charge in [0.05, 0.1) is 17.6 Å². The van der Waals surface area contributed by atoms with E-state index in [2.05, 4.69) is 0 Å². The number of carbonyl (C=O) groups excluding carboxylic acids is 1. The van der Waals surface area contributed by atoms with Crippen molar-refractivity contribution in [3.8, 4) is 11.5 Å². The van der Waals surface area contributed by atoms with Crippen LogP contribution >= 0.6 is 0 Å². The molecule has 0 atom stereocenters. The van der Waals surface area contributed by atoms with Gasteiger partial charge in [-0.25, -0.2) is 8.42 Å². The van der Waals surface area contributed by atoms with E-state index >= 15 is 0 Å². The van der Waals surface area contributed by atoms with Gasteiger partial charge in [-0.05, 0) is 24.3 Å². The summed E-state index contributed by atoms with van der Waals surface area (Å²) < 4.78 is 35.6. The van der Waals surface area contributed by atoms with E-state index in [1.807, 2.05) is 0 Å². The van der Waals surface area contributed by atoms with Crippen molar-refractivity contribution in [1.29, 1.82) is 0 Å². The third-order valence-corrected chi connectivity index (χ3v) is 3.26. The summed E-state index contributed by atoms with van der Waals surface area (Å²) in [5.74, 6) is 0.208. The van der Waals surface area contributed by atoms with Gasteiger partial charge >= 0.3 is 0 Å². The third-order valence-electron chi connectivity index (χ3n) is 2.41. The van der Waals surface area contributed by atoms with Crippen LogP contribution in [-0.2, 0) is 10.1 Å². The molecule has 0 bridgehead atoms. The molecule has 0 aliphatic carbocycles. The van der Waals surface area contributed by atoms with Crippen LogP contribution in [0, 0.1) is 0 Å². The molecule has 6 nitrogen and oxygen atoms in total. The van der Waals surface area contributed by atoms with Crippen molar-refractivity contribution in [2.24, 2.45) is 0 Å². The number of rotatable bonds is 3. The largest absolute Gasteiger partial charge is 0.744 e. The zero-order valence-electron chi connectivity index (χ0n) is 11.1. The molecule has 0 unspecified atom stereocenters. The van der Waals surface area contributed by atoms with Crippen LogP contribution in [0.2, 0.25) is 0 Å². The average molecular weight is 309 g/mol. The predicted molar refractivity (Wildman–Crippen MR) is 74.5 cm³/mol. The summed E-state index contributed by atoms with van der Waals surface area (Å²) in [6.07, 6.45) is 0.581. The third kappa shape index (κ3) is 4.90. The Balaban J connectivity index is 0.000000211. The molecular formula is C14H13O6S-. The maximum atomic E-state index is 10.3. The van der Waals surface area contributed by atoms with Crippen LogP contribution in [0.5, 0.6) is 11.5 Å². The standard InChI is InChI=1S/C8H8O3.C6H6O3S/c1-11-7-4-2-3-6(5-9)8(7)10;7-10(8,9)6-4-2-1-3-5-6/h2-5,10H,1H3;1-5H,(H,7,8,9)/p-1. The first-order valence-electron chi connectivity index (χ1n) is 5.72. The van der Waals surface area contributed by atoms with E-state index in [-0.39, 0.29) is 16.2 Å². The molecule has 1 N–H and O–H groups in total. The highest BCUT2D eigenvalue weighted by Gasteiger charge is 2.04. The van der Waals surface area contributed by atoms with E-state index in [0.29, 0.717) is 12.0 Å². The maximum Gasteiger partial charge on any atom is 0.168 e. The fraction of sp³-hybridized carbons (Fsp3) is 0.0714. The van der Waals surface area contributed by atoms with E-state index in [4.69, 9.17) is 4.74 Å². The van der Waals surface area contributed by atoms with E-state index in [9.17, 15) is 22.9 Å². The minimum atomic E-state index is -4.25. The first-order valence-corrected chi connectivity index (χ1v) is 7.13. The van der Waals surface area contributed by atoms with E-state index in [0.717, 1.165) is 0 Å². The van der Waals surface area contributed by atoms with Crippen LogP contribution in [0.3, 0.4) is 0 Å². The Labute approximate surface area is 122 Å². The Kier molecular flexibility index (Phi) is 5.89. The zero-order valence-corrected chi connectivity index (χ0v) is 11.9. The number of methoxy groups -OCH3 is 1. The number of para-hydroxylation sites is 1. The summed E-state index contributed by atoms with van der Waals surface area (Å²) in [7, 11) is -2.82. The van der Waals surface area contributed by atoms with Crippen LogP contribution in [0.15, 0.2) is 53.4 Å². The Morgan fingerprint density at radius 2 is 1.71 bits per heavy atom. The van der Waals surface area contributed by atoms with Gasteiger partial charge in [-0.1, -0.05) is 24.3 Å². The zero-order chi connectivity index (χ0) is 15.9. The number of ether oxygens (including phenoxy) is 1. The Morgan fingerprint density at radius 1 is 1.10 bits per heavy atom. The van der Waals surface area contributed by atoms with E-state index in [1.54, 1.807) is 18.2 Å². The van der Waals surface area contributed by atoms with Crippen LogP contribution < -0.4 is 4.74 Å². The fourth-order valence-corrected chi connectivity index (χ4v) is 1.88. The second kappa shape index (κ2) is 7.41. The van der Waals surface area contributed by atoms with Crippen molar-refractivity contribution < 1.29 is 27.6 Å². The first-order chi connectivity index (χ1) is 9.90. The van der Waals surface area contributed by atoms with Crippen molar-refractivity contribution in [2.45, 2.75) is 4.90 Å². The highest BCUT2D eigenvalue weighted by Crippen LogP contribution is 2.27. The Morgan fingerprint density at radius 3 is 2.14 bits per heavy atom.